The molecule has 0 aromatic carbocycles. The van der Waals surface area contributed by atoms with E-state index >= 15 is 0 Å². The molecule has 0 atom stereocenters. The van der Waals surface area contributed by atoms with Gasteiger partial charge in [-0.15, -0.1) is 0 Å². The fourth-order valence-electron chi connectivity index (χ4n) is 1.67. The van der Waals surface area contributed by atoms with Crippen LogP contribution >= 0.6 is 0 Å². The Morgan fingerprint density at radius 1 is 1.10 bits per heavy atom. The Balaban J connectivity index is 1.77. The first kappa shape index (κ1) is 12.0. The largest absolute Gasteiger partial charge is 0.338 e. The summed E-state index contributed by atoms with van der Waals surface area (Å²) < 4.78 is 5.08. The molecule has 3 aromatic heterocycles. The predicted octanol–water partition coefficient (Wildman–Crippen LogP) is 2.38. The zero-order valence-corrected chi connectivity index (χ0v) is 10.4. The number of nitrogens with zero attached hydrogens (tertiary/aromatic N) is 3. The van der Waals surface area contributed by atoms with Crippen molar-refractivity contribution in [3.05, 3.63) is 60.7 Å². The van der Waals surface area contributed by atoms with Crippen molar-refractivity contribution in [2.75, 3.05) is 5.32 Å². The highest BCUT2D eigenvalue weighted by Crippen LogP contribution is 2.20. The number of carbonyl (C=O) groups is 1. The molecule has 1 amide bonds. The van der Waals surface area contributed by atoms with E-state index in [0.29, 0.717) is 11.3 Å². The van der Waals surface area contributed by atoms with Crippen molar-refractivity contribution < 1.29 is 9.32 Å². The molecule has 0 aliphatic rings. The summed E-state index contributed by atoms with van der Waals surface area (Å²) in [6, 6.07) is 8.66. The van der Waals surface area contributed by atoms with Crippen molar-refractivity contribution in [3.63, 3.8) is 0 Å². The van der Waals surface area contributed by atoms with E-state index in [9.17, 15) is 4.79 Å². The molecule has 0 saturated heterocycles. The smallest absolute Gasteiger partial charge is 0.259 e. The van der Waals surface area contributed by atoms with Crippen LogP contribution in [0.1, 0.15) is 10.4 Å². The van der Waals surface area contributed by atoms with E-state index in [1.165, 1.54) is 6.20 Å². The van der Waals surface area contributed by atoms with E-state index in [0.717, 1.165) is 5.56 Å². The van der Waals surface area contributed by atoms with Gasteiger partial charge >= 0.3 is 0 Å². The van der Waals surface area contributed by atoms with Gasteiger partial charge in [0.2, 0.25) is 5.88 Å². The van der Waals surface area contributed by atoms with Crippen LogP contribution < -0.4 is 5.32 Å². The maximum Gasteiger partial charge on any atom is 0.259 e. The van der Waals surface area contributed by atoms with Crippen LogP contribution in [0.4, 0.5) is 5.88 Å². The number of anilines is 1. The lowest BCUT2D eigenvalue weighted by molar-refractivity contribution is 0.102. The van der Waals surface area contributed by atoms with E-state index in [-0.39, 0.29) is 11.8 Å². The van der Waals surface area contributed by atoms with Gasteiger partial charge in [-0.25, -0.2) is 0 Å². The molecule has 20 heavy (non-hydrogen) atoms. The van der Waals surface area contributed by atoms with Crippen LogP contribution in [0, 0.1) is 0 Å². The van der Waals surface area contributed by atoms with E-state index < -0.39 is 0 Å². The van der Waals surface area contributed by atoms with Gasteiger partial charge in [0.05, 0.1) is 5.56 Å². The highest BCUT2D eigenvalue weighted by Gasteiger charge is 2.11. The maximum absolute atomic E-state index is 11.9. The van der Waals surface area contributed by atoms with Crippen LogP contribution in [0.3, 0.4) is 0 Å². The van der Waals surface area contributed by atoms with Gasteiger partial charge in [-0.1, -0.05) is 5.16 Å². The van der Waals surface area contributed by atoms with Crippen LogP contribution in [-0.2, 0) is 0 Å². The third-order valence-electron chi connectivity index (χ3n) is 2.63. The molecule has 98 valence electrons. The average molecular weight is 266 g/mol. The summed E-state index contributed by atoms with van der Waals surface area (Å²) in [5.41, 5.74) is 1.88. The fraction of sp³-hybridized carbons (Fsp3) is 0. The second-order valence-corrected chi connectivity index (χ2v) is 4.01. The summed E-state index contributed by atoms with van der Waals surface area (Å²) in [6.45, 7) is 0. The van der Waals surface area contributed by atoms with Crippen molar-refractivity contribution >= 4 is 11.8 Å². The van der Waals surface area contributed by atoms with E-state index in [1.54, 1.807) is 42.9 Å². The lowest BCUT2D eigenvalue weighted by Gasteiger charge is -1.99. The topological polar surface area (TPSA) is 80.9 Å². The molecular formula is C14H10N4O2. The zero-order chi connectivity index (χ0) is 13.8. The molecule has 0 spiro atoms. The minimum Gasteiger partial charge on any atom is -0.338 e. The van der Waals surface area contributed by atoms with E-state index in [4.69, 9.17) is 4.52 Å². The van der Waals surface area contributed by atoms with Crippen molar-refractivity contribution in [2.24, 2.45) is 0 Å². The second kappa shape index (κ2) is 5.31. The Labute approximate surface area is 114 Å². The number of aromatic nitrogens is 3. The monoisotopic (exact) mass is 266 g/mol. The molecular weight excluding hydrogens is 256 g/mol. The van der Waals surface area contributed by atoms with Gasteiger partial charge in [0.15, 0.2) is 0 Å². The Morgan fingerprint density at radius 2 is 1.90 bits per heavy atom. The Morgan fingerprint density at radius 3 is 2.60 bits per heavy atom. The molecule has 6 nitrogen and oxygen atoms in total. The molecule has 0 aliphatic carbocycles. The van der Waals surface area contributed by atoms with Gasteiger partial charge in [-0.05, 0) is 24.3 Å². The predicted molar refractivity (Wildman–Crippen MR) is 71.9 cm³/mol. The third kappa shape index (κ3) is 2.54. The van der Waals surface area contributed by atoms with E-state index in [2.05, 4.69) is 20.4 Å². The lowest BCUT2D eigenvalue weighted by atomic mass is 10.2. The molecule has 0 radical (unpaired) electrons. The second-order valence-electron chi connectivity index (χ2n) is 4.01. The van der Waals surface area contributed by atoms with E-state index in [1.807, 2.05) is 6.07 Å². The number of hydrogen-bond acceptors (Lipinski definition) is 5. The highest BCUT2D eigenvalue weighted by molar-refractivity contribution is 6.03. The van der Waals surface area contributed by atoms with Crippen LogP contribution in [-0.4, -0.2) is 21.0 Å². The molecule has 3 aromatic rings. The molecule has 6 heteroatoms. The summed E-state index contributed by atoms with van der Waals surface area (Å²) >= 11 is 0. The number of pyridine rings is 2. The summed E-state index contributed by atoms with van der Waals surface area (Å²) in [4.78, 5) is 19.8. The SMILES string of the molecule is O=C(Nc1cc(-c2cccnc2)no1)c1cccnc1. The number of hydrogen-bond donors (Lipinski definition) is 1. The first-order valence-electron chi connectivity index (χ1n) is 5.91. The average Bonchev–Trinajstić information content (AvgIpc) is 2.97. The molecule has 0 fully saturated rings. The van der Waals surface area contributed by atoms with Crippen molar-refractivity contribution in [2.45, 2.75) is 0 Å². The van der Waals surface area contributed by atoms with Crippen molar-refractivity contribution in [3.8, 4) is 11.3 Å². The Hall–Kier alpha value is -3.02. The number of nitrogens with one attached hydrogen (secondary N) is 1. The molecule has 0 aliphatic heterocycles. The van der Waals surface area contributed by atoms with Crippen LogP contribution in [0.5, 0.6) is 0 Å². The lowest BCUT2D eigenvalue weighted by Crippen LogP contribution is -2.11. The maximum atomic E-state index is 11.9. The van der Waals surface area contributed by atoms with Gasteiger partial charge in [-0.3, -0.25) is 20.1 Å². The van der Waals surface area contributed by atoms with Crippen molar-refractivity contribution in [1.29, 1.82) is 0 Å². The minimum atomic E-state index is -0.299. The third-order valence-corrected chi connectivity index (χ3v) is 2.63. The number of amides is 1. The van der Waals surface area contributed by atoms with Crippen LogP contribution in [0.25, 0.3) is 11.3 Å². The summed E-state index contributed by atoms with van der Waals surface area (Å²) in [6.07, 6.45) is 6.43. The summed E-state index contributed by atoms with van der Waals surface area (Å²) in [7, 11) is 0. The van der Waals surface area contributed by atoms with Gasteiger partial charge in [0.1, 0.15) is 5.69 Å². The molecule has 1 N–H and O–H groups in total. The molecule has 0 bridgehead atoms. The first-order valence-corrected chi connectivity index (χ1v) is 5.91. The van der Waals surface area contributed by atoms with Crippen LogP contribution in [0.2, 0.25) is 0 Å². The molecule has 0 unspecified atom stereocenters. The number of rotatable bonds is 3. The van der Waals surface area contributed by atoms with Gasteiger partial charge in [-0.2, -0.15) is 0 Å². The highest BCUT2D eigenvalue weighted by atomic mass is 16.5. The first-order chi connectivity index (χ1) is 9.83. The Kier molecular flexibility index (Phi) is 3.20. The standard InChI is InChI=1S/C14H10N4O2/c19-14(11-4-2-6-16-9-11)17-13-7-12(18-20-13)10-3-1-5-15-8-10/h1-9H,(H,17,19). The fourth-order valence-corrected chi connectivity index (χ4v) is 1.67. The molecule has 0 saturated carbocycles. The summed E-state index contributed by atoms with van der Waals surface area (Å²) in [5, 5.41) is 6.51. The summed E-state index contributed by atoms with van der Waals surface area (Å²) in [5.74, 6) is -0.0234. The van der Waals surface area contributed by atoms with Crippen molar-refractivity contribution in [1.82, 2.24) is 15.1 Å². The van der Waals surface area contributed by atoms with Gasteiger partial charge < -0.3 is 4.52 Å². The van der Waals surface area contributed by atoms with Crippen LogP contribution in [0.15, 0.2) is 59.6 Å². The normalized spacial score (nSPS) is 10.2. The molecule has 3 rings (SSSR count). The van der Waals surface area contributed by atoms with Gasteiger partial charge in [0, 0.05) is 36.4 Å². The molecule has 3 heterocycles. The Bertz CT molecular complexity index is 710. The van der Waals surface area contributed by atoms with Gasteiger partial charge in [0.25, 0.3) is 5.91 Å². The number of carbonyl (C=O) groups excluding carboxylic acids is 1. The quantitative estimate of drug-likeness (QED) is 0.787. The minimum absolute atomic E-state index is 0.276. The zero-order valence-electron chi connectivity index (χ0n) is 10.4.